The van der Waals surface area contributed by atoms with Gasteiger partial charge in [0.2, 0.25) is 0 Å². The summed E-state index contributed by atoms with van der Waals surface area (Å²) >= 11 is 0. The van der Waals surface area contributed by atoms with E-state index in [9.17, 15) is 4.79 Å². The molecule has 0 unspecified atom stereocenters. The molecular weight excluding hydrogens is 407 g/mol. The van der Waals surface area contributed by atoms with Crippen LogP contribution in [0.25, 0.3) is 0 Å². The first-order chi connectivity index (χ1) is 11.7. The van der Waals surface area contributed by atoms with Gasteiger partial charge in [0.25, 0.3) is 5.91 Å². The van der Waals surface area contributed by atoms with Crippen molar-refractivity contribution in [2.45, 2.75) is 24.9 Å². The van der Waals surface area contributed by atoms with Crippen molar-refractivity contribution in [1.29, 1.82) is 0 Å². The fraction of sp³-hybridized carbons (Fsp3) is 0.316. The highest BCUT2D eigenvalue weighted by atomic mass is 35.5. The van der Waals surface area contributed by atoms with E-state index in [1.165, 1.54) is 12.8 Å². The maximum atomic E-state index is 12.3. The second-order valence-corrected chi connectivity index (χ2v) is 6.65. The molecule has 5 nitrogen and oxygen atoms in total. The van der Waals surface area contributed by atoms with Crippen molar-refractivity contribution < 1.29 is 4.79 Å². The zero-order valence-corrected chi connectivity index (χ0v) is 17.2. The van der Waals surface area contributed by atoms with E-state index in [4.69, 9.17) is 5.73 Å². The van der Waals surface area contributed by atoms with Gasteiger partial charge in [-0.1, -0.05) is 12.1 Å². The van der Waals surface area contributed by atoms with Crippen LogP contribution in [0.2, 0.25) is 0 Å². The zero-order chi connectivity index (χ0) is 16.5. The Kier molecular flexibility index (Phi) is 8.69. The summed E-state index contributed by atoms with van der Waals surface area (Å²) in [5, 5.41) is 6.37. The van der Waals surface area contributed by atoms with Crippen molar-refractivity contribution in [1.82, 2.24) is 4.90 Å². The minimum atomic E-state index is -0.150. The van der Waals surface area contributed by atoms with Crippen molar-refractivity contribution in [2.75, 3.05) is 29.5 Å². The van der Waals surface area contributed by atoms with Crippen LogP contribution in [0, 0.1) is 0 Å². The molecule has 1 saturated heterocycles. The summed E-state index contributed by atoms with van der Waals surface area (Å²) in [6, 6.07) is 16.2. The van der Waals surface area contributed by atoms with Crippen LogP contribution in [0.1, 0.15) is 23.2 Å². The van der Waals surface area contributed by atoms with Gasteiger partial charge in [-0.15, -0.1) is 37.2 Å². The number of hydrogen-bond donors (Lipinski definition) is 3. The molecule has 27 heavy (non-hydrogen) atoms. The highest BCUT2D eigenvalue weighted by molar-refractivity contribution is 6.05. The average Bonchev–Trinajstić information content (AvgIpc) is 3.38. The Morgan fingerprint density at radius 2 is 1.59 bits per heavy atom. The predicted molar refractivity (Wildman–Crippen MR) is 119 cm³/mol. The molecule has 8 heteroatoms. The normalized spacial score (nSPS) is 16.0. The molecule has 0 radical (unpaired) electrons. The van der Waals surface area contributed by atoms with Gasteiger partial charge in [-0.05, 0) is 49.2 Å². The lowest BCUT2D eigenvalue weighted by Gasteiger charge is -2.40. The van der Waals surface area contributed by atoms with Gasteiger partial charge >= 0.3 is 0 Å². The number of nitrogens with two attached hydrogens (primary N) is 1. The Bertz CT molecular complexity index is 747. The van der Waals surface area contributed by atoms with E-state index < -0.39 is 0 Å². The molecule has 1 aliphatic heterocycles. The van der Waals surface area contributed by atoms with Gasteiger partial charge in [0.15, 0.2) is 0 Å². The molecule has 1 heterocycles. The van der Waals surface area contributed by atoms with Gasteiger partial charge in [0, 0.05) is 30.4 Å². The number of carbonyl (C=O) groups excluding carboxylic acids is 1. The first-order valence-electron chi connectivity index (χ1n) is 8.45. The fourth-order valence-corrected chi connectivity index (χ4v) is 3.10. The van der Waals surface area contributed by atoms with Crippen molar-refractivity contribution in [3.63, 3.8) is 0 Å². The summed E-state index contributed by atoms with van der Waals surface area (Å²) in [5.41, 5.74) is 8.74. The second kappa shape index (κ2) is 10.0. The van der Waals surface area contributed by atoms with Crippen molar-refractivity contribution in [2.24, 2.45) is 0 Å². The van der Waals surface area contributed by atoms with E-state index in [0.717, 1.165) is 24.8 Å². The van der Waals surface area contributed by atoms with Gasteiger partial charge in [-0.25, -0.2) is 0 Å². The molecule has 0 atom stereocenters. The van der Waals surface area contributed by atoms with E-state index >= 15 is 0 Å². The molecule has 2 aromatic rings. The molecule has 2 aliphatic rings. The quantitative estimate of drug-likeness (QED) is 0.625. The highest BCUT2D eigenvalue weighted by Gasteiger charge is 2.37. The molecule has 1 amide bonds. The topological polar surface area (TPSA) is 70.4 Å². The smallest absolute Gasteiger partial charge is 0.255 e. The largest absolute Gasteiger partial charge is 0.397 e. The van der Waals surface area contributed by atoms with Gasteiger partial charge < -0.3 is 16.4 Å². The van der Waals surface area contributed by atoms with Crippen LogP contribution < -0.4 is 16.4 Å². The number of anilines is 3. The molecule has 0 spiro atoms. The molecule has 1 saturated carbocycles. The first-order valence-corrected chi connectivity index (χ1v) is 8.45. The number of rotatable bonds is 5. The SMILES string of the molecule is Cl.Cl.Cl.Nc1ccccc1NC(=O)c1ccc(NC2CN(C3CC3)C2)cc1. The number of nitrogens with one attached hydrogen (secondary N) is 2. The van der Waals surface area contributed by atoms with Crippen molar-refractivity contribution in [3.8, 4) is 0 Å². The van der Waals surface area contributed by atoms with E-state index in [2.05, 4.69) is 15.5 Å². The number of hydrogen-bond acceptors (Lipinski definition) is 4. The molecular formula is C19H25Cl3N4O. The van der Waals surface area contributed by atoms with E-state index in [1.807, 2.05) is 36.4 Å². The molecule has 4 rings (SSSR count). The lowest BCUT2D eigenvalue weighted by Crippen LogP contribution is -2.55. The van der Waals surface area contributed by atoms with Crippen LogP contribution >= 0.6 is 37.2 Å². The van der Waals surface area contributed by atoms with Crippen LogP contribution in [-0.2, 0) is 0 Å². The van der Waals surface area contributed by atoms with E-state index in [0.29, 0.717) is 23.0 Å². The van der Waals surface area contributed by atoms with E-state index in [-0.39, 0.29) is 43.1 Å². The highest BCUT2D eigenvalue weighted by Crippen LogP contribution is 2.31. The number of likely N-dealkylation sites (tertiary alicyclic amines) is 1. The Balaban J connectivity index is 0.00000121. The number of amides is 1. The lowest BCUT2D eigenvalue weighted by atomic mass is 10.1. The lowest BCUT2D eigenvalue weighted by molar-refractivity contribution is 0.102. The van der Waals surface area contributed by atoms with Gasteiger partial charge in [0.05, 0.1) is 17.4 Å². The fourth-order valence-electron chi connectivity index (χ4n) is 3.10. The number of nitrogens with zero attached hydrogens (tertiary/aromatic N) is 1. The maximum absolute atomic E-state index is 12.3. The number of halogens is 3. The molecule has 0 aromatic heterocycles. The summed E-state index contributed by atoms with van der Waals surface area (Å²) in [4.78, 5) is 14.8. The Morgan fingerprint density at radius 1 is 0.963 bits per heavy atom. The third kappa shape index (κ3) is 5.66. The van der Waals surface area contributed by atoms with Crippen molar-refractivity contribution in [3.05, 3.63) is 54.1 Å². The molecule has 2 fully saturated rings. The molecule has 2 aromatic carbocycles. The molecule has 1 aliphatic carbocycles. The Morgan fingerprint density at radius 3 is 2.19 bits per heavy atom. The first kappa shape index (κ1) is 23.4. The Labute approximate surface area is 178 Å². The van der Waals surface area contributed by atoms with Gasteiger partial charge in [-0.3, -0.25) is 9.69 Å². The third-order valence-corrected chi connectivity index (χ3v) is 4.70. The molecule has 4 N–H and O–H groups in total. The zero-order valence-electron chi connectivity index (χ0n) is 14.8. The summed E-state index contributed by atoms with van der Waals surface area (Å²) < 4.78 is 0. The van der Waals surface area contributed by atoms with Crippen LogP contribution in [0.5, 0.6) is 0 Å². The van der Waals surface area contributed by atoms with Crippen LogP contribution in [0.15, 0.2) is 48.5 Å². The number of benzene rings is 2. The predicted octanol–water partition coefficient (Wildman–Crippen LogP) is 4.05. The summed E-state index contributed by atoms with van der Waals surface area (Å²) in [5.74, 6) is -0.150. The van der Waals surface area contributed by atoms with E-state index in [1.54, 1.807) is 12.1 Å². The van der Waals surface area contributed by atoms with Crippen LogP contribution in [0.3, 0.4) is 0 Å². The van der Waals surface area contributed by atoms with Crippen LogP contribution in [0.4, 0.5) is 17.1 Å². The summed E-state index contributed by atoms with van der Waals surface area (Å²) in [6.07, 6.45) is 2.73. The minimum absolute atomic E-state index is 0. The van der Waals surface area contributed by atoms with Gasteiger partial charge in [-0.2, -0.15) is 0 Å². The van der Waals surface area contributed by atoms with Crippen molar-refractivity contribution >= 4 is 60.2 Å². The maximum Gasteiger partial charge on any atom is 0.255 e. The number of carbonyl (C=O) groups is 1. The van der Waals surface area contributed by atoms with Gasteiger partial charge in [0.1, 0.15) is 0 Å². The van der Waals surface area contributed by atoms with Crippen LogP contribution in [-0.4, -0.2) is 36.0 Å². The minimum Gasteiger partial charge on any atom is -0.397 e. The third-order valence-electron chi connectivity index (χ3n) is 4.70. The monoisotopic (exact) mass is 430 g/mol. The number of para-hydroxylation sites is 2. The molecule has 0 bridgehead atoms. The average molecular weight is 432 g/mol. The summed E-state index contributed by atoms with van der Waals surface area (Å²) in [6.45, 7) is 2.25. The molecule has 148 valence electrons. The standard InChI is InChI=1S/C19H22N4O.3ClH/c20-17-3-1-2-4-18(17)22-19(24)13-5-7-14(8-6-13)21-15-11-23(12-15)16-9-10-16;;;/h1-8,15-16,21H,9-12,20H2,(H,22,24);3*1H. The Hall–Kier alpha value is -1.66. The second-order valence-electron chi connectivity index (χ2n) is 6.65. The summed E-state index contributed by atoms with van der Waals surface area (Å²) in [7, 11) is 0. The number of nitrogen functional groups attached to an aromatic ring is 1.